The minimum Gasteiger partial charge on any atom is -0.369 e. The molecule has 0 saturated heterocycles. The molecule has 142 valence electrons. The van der Waals surface area contributed by atoms with Crippen LogP contribution in [0.3, 0.4) is 0 Å². The minimum absolute atomic E-state index is 0.0400. The topological polar surface area (TPSA) is 72.2 Å². The van der Waals surface area contributed by atoms with Gasteiger partial charge in [-0.05, 0) is 29.5 Å². The van der Waals surface area contributed by atoms with Crippen LogP contribution in [0.1, 0.15) is 25.3 Å². The molecule has 2 amide bonds. The Morgan fingerprint density at radius 3 is 2.04 bits per heavy atom. The summed E-state index contributed by atoms with van der Waals surface area (Å²) in [7, 11) is 0. The van der Waals surface area contributed by atoms with Crippen LogP contribution >= 0.6 is 0 Å². The van der Waals surface area contributed by atoms with Crippen LogP contribution < -0.4 is 11.1 Å². The lowest BCUT2D eigenvalue weighted by atomic mass is 9.89. The first-order chi connectivity index (χ1) is 12.7. The molecule has 1 aliphatic rings. The molecule has 0 radical (unpaired) electrons. The molecule has 0 aromatic heterocycles. The summed E-state index contributed by atoms with van der Waals surface area (Å²) in [6.07, 6.45) is -4.78. The smallest absolute Gasteiger partial charge is 0.369 e. The number of nitrogens with two attached hydrogens (primary N) is 1. The molecule has 4 nitrogen and oxygen atoms in total. The van der Waals surface area contributed by atoms with Gasteiger partial charge in [0.25, 0.3) is 0 Å². The number of primary amides is 1. The monoisotopic (exact) mass is 376 g/mol. The van der Waals surface area contributed by atoms with Crippen LogP contribution in [0.4, 0.5) is 13.2 Å². The van der Waals surface area contributed by atoms with Crippen LogP contribution in [0.15, 0.2) is 54.6 Å². The molecule has 1 saturated carbocycles. The average molecular weight is 376 g/mol. The lowest BCUT2D eigenvalue weighted by Gasteiger charge is -2.25. The molecule has 3 N–H and O–H groups in total. The molecule has 0 spiro atoms. The van der Waals surface area contributed by atoms with Gasteiger partial charge in [0, 0.05) is 0 Å². The largest absolute Gasteiger partial charge is 0.471 e. The summed E-state index contributed by atoms with van der Waals surface area (Å²) >= 11 is 0. The highest BCUT2D eigenvalue weighted by Crippen LogP contribution is 2.65. The Bertz CT molecular complexity index is 865. The predicted octanol–water partition coefficient (Wildman–Crippen LogP) is 3.51. The quantitative estimate of drug-likeness (QED) is 0.838. The van der Waals surface area contributed by atoms with Crippen molar-refractivity contribution in [3.63, 3.8) is 0 Å². The Balaban J connectivity index is 2.00. The van der Waals surface area contributed by atoms with E-state index in [0.717, 1.165) is 11.1 Å². The van der Waals surface area contributed by atoms with Crippen molar-refractivity contribution in [3.05, 3.63) is 60.2 Å². The van der Waals surface area contributed by atoms with Gasteiger partial charge in [0.15, 0.2) is 0 Å². The van der Waals surface area contributed by atoms with Crippen LogP contribution in [0.2, 0.25) is 0 Å². The van der Waals surface area contributed by atoms with E-state index in [-0.39, 0.29) is 12.8 Å². The van der Waals surface area contributed by atoms with E-state index in [4.69, 9.17) is 5.73 Å². The van der Waals surface area contributed by atoms with Crippen molar-refractivity contribution in [3.8, 4) is 11.1 Å². The number of carbonyl (C=O) groups excluding carboxylic acids is 2. The molecular weight excluding hydrogens is 357 g/mol. The fraction of sp³-hybridized carbons (Fsp3) is 0.300. The molecule has 2 atom stereocenters. The first kappa shape index (κ1) is 18.9. The van der Waals surface area contributed by atoms with Gasteiger partial charge < -0.3 is 11.1 Å². The van der Waals surface area contributed by atoms with Gasteiger partial charge in [-0.25, -0.2) is 0 Å². The fourth-order valence-corrected chi connectivity index (χ4v) is 3.76. The van der Waals surface area contributed by atoms with Crippen LogP contribution in [0, 0.1) is 5.41 Å². The molecule has 2 unspecified atom stereocenters. The standard InChI is InChI=1S/C20H19F3N2O2/c1-2-18(16(24)26)12-19(18,25-17(27)20(21,22)23)15-10-8-14(9-11-15)13-6-4-3-5-7-13/h3-11H,2,12H2,1H3,(H2,24,26)(H,25,27). The van der Waals surface area contributed by atoms with Crippen molar-refractivity contribution in [1.82, 2.24) is 5.32 Å². The maximum absolute atomic E-state index is 12.8. The van der Waals surface area contributed by atoms with Crippen LogP contribution in [-0.4, -0.2) is 18.0 Å². The highest BCUT2D eigenvalue weighted by Gasteiger charge is 2.72. The maximum atomic E-state index is 12.8. The number of amides is 2. The van der Waals surface area contributed by atoms with Crippen LogP contribution in [0.25, 0.3) is 11.1 Å². The van der Waals surface area contributed by atoms with Crippen molar-refractivity contribution in [2.75, 3.05) is 0 Å². The van der Waals surface area contributed by atoms with Gasteiger partial charge in [0.1, 0.15) is 0 Å². The Morgan fingerprint density at radius 2 is 1.59 bits per heavy atom. The van der Waals surface area contributed by atoms with Gasteiger partial charge in [-0.15, -0.1) is 0 Å². The van der Waals surface area contributed by atoms with E-state index in [0.29, 0.717) is 5.56 Å². The number of alkyl halides is 3. The normalized spacial score (nSPS) is 24.3. The number of hydrogen-bond acceptors (Lipinski definition) is 2. The van der Waals surface area contributed by atoms with Crippen molar-refractivity contribution in [2.45, 2.75) is 31.5 Å². The summed E-state index contributed by atoms with van der Waals surface area (Å²) in [5, 5.41) is 2.04. The lowest BCUT2D eigenvalue weighted by Crippen LogP contribution is -2.48. The van der Waals surface area contributed by atoms with Crippen LogP contribution in [0.5, 0.6) is 0 Å². The van der Waals surface area contributed by atoms with E-state index in [1.807, 2.05) is 35.6 Å². The second-order valence-electron chi connectivity index (χ2n) is 6.78. The Labute approximate surface area is 154 Å². The predicted molar refractivity (Wildman–Crippen MR) is 94.3 cm³/mol. The SMILES string of the molecule is CCC1(C(N)=O)CC1(NC(=O)C(F)(F)F)c1ccc(-c2ccccc2)cc1. The Kier molecular flexibility index (Phi) is 4.49. The van der Waals surface area contributed by atoms with Gasteiger partial charge in [0.05, 0.1) is 11.0 Å². The van der Waals surface area contributed by atoms with Crippen molar-refractivity contribution in [2.24, 2.45) is 11.1 Å². The van der Waals surface area contributed by atoms with E-state index >= 15 is 0 Å². The molecule has 2 aromatic rings. The molecule has 3 rings (SSSR count). The number of nitrogens with one attached hydrogen (secondary N) is 1. The zero-order chi connectivity index (χ0) is 19.9. The highest BCUT2D eigenvalue weighted by atomic mass is 19.4. The lowest BCUT2D eigenvalue weighted by molar-refractivity contribution is -0.175. The molecule has 0 aliphatic heterocycles. The molecule has 1 fully saturated rings. The first-order valence-electron chi connectivity index (χ1n) is 8.51. The molecule has 27 heavy (non-hydrogen) atoms. The van der Waals surface area contributed by atoms with Gasteiger partial charge in [-0.3, -0.25) is 9.59 Å². The van der Waals surface area contributed by atoms with Gasteiger partial charge >= 0.3 is 12.1 Å². The van der Waals surface area contributed by atoms with Crippen LogP contribution in [-0.2, 0) is 15.1 Å². The molecule has 2 aromatic carbocycles. The van der Waals surface area contributed by atoms with Gasteiger partial charge in [-0.2, -0.15) is 13.2 Å². The van der Waals surface area contributed by atoms with Gasteiger partial charge in [0.2, 0.25) is 5.91 Å². The minimum atomic E-state index is -5.04. The van der Waals surface area contributed by atoms with E-state index in [2.05, 4.69) is 0 Å². The summed E-state index contributed by atoms with van der Waals surface area (Å²) in [6.45, 7) is 1.67. The van der Waals surface area contributed by atoms with E-state index in [1.165, 1.54) is 0 Å². The summed E-state index contributed by atoms with van der Waals surface area (Å²) in [5.74, 6) is -2.80. The Hall–Kier alpha value is -2.83. The average Bonchev–Trinajstić information content (AvgIpc) is 3.32. The van der Waals surface area contributed by atoms with E-state index < -0.39 is 28.9 Å². The number of carbonyl (C=O) groups is 2. The second kappa shape index (κ2) is 6.40. The molecule has 1 aliphatic carbocycles. The first-order valence-corrected chi connectivity index (χ1v) is 8.51. The summed E-state index contributed by atoms with van der Waals surface area (Å²) in [5.41, 5.74) is 5.06. The summed E-state index contributed by atoms with van der Waals surface area (Å²) in [6, 6.07) is 16.2. The Morgan fingerprint density at radius 1 is 1.04 bits per heavy atom. The number of hydrogen-bond donors (Lipinski definition) is 2. The third-order valence-electron chi connectivity index (χ3n) is 5.40. The van der Waals surface area contributed by atoms with Crippen molar-refractivity contribution < 1.29 is 22.8 Å². The molecular formula is C20H19F3N2O2. The summed E-state index contributed by atoms with van der Waals surface area (Å²) in [4.78, 5) is 23.6. The maximum Gasteiger partial charge on any atom is 0.471 e. The fourth-order valence-electron chi connectivity index (χ4n) is 3.76. The number of benzene rings is 2. The highest BCUT2D eigenvalue weighted by molar-refractivity contribution is 5.91. The number of halogens is 3. The summed E-state index contributed by atoms with van der Waals surface area (Å²) < 4.78 is 38.5. The van der Waals surface area contributed by atoms with Crippen molar-refractivity contribution in [1.29, 1.82) is 0 Å². The van der Waals surface area contributed by atoms with Gasteiger partial charge in [-0.1, -0.05) is 61.5 Å². The van der Waals surface area contributed by atoms with E-state index in [1.54, 1.807) is 31.2 Å². The van der Waals surface area contributed by atoms with E-state index in [9.17, 15) is 22.8 Å². The zero-order valence-electron chi connectivity index (χ0n) is 14.6. The molecule has 0 bridgehead atoms. The molecule has 0 heterocycles. The number of rotatable bonds is 5. The molecule has 7 heteroatoms. The zero-order valence-corrected chi connectivity index (χ0v) is 14.6. The third kappa shape index (κ3) is 3.07. The third-order valence-corrected chi connectivity index (χ3v) is 5.40. The van der Waals surface area contributed by atoms with Crippen molar-refractivity contribution >= 4 is 11.8 Å². The second-order valence-corrected chi connectivity index (χ2v) is 6.78.